The van der Waals surface area contributed by atoms with Crippen molar-refractivity contribution in [3.05, 3.63) is 26.9 Å². The average Bonchev–Trinajstić information content (AvgIpc) is 1.99. The molecule has 0 saturated heterocycles. The summed E-state index contributed by atoms with van der Waals surface area (Å²) in [5.74, 6) is -0.370. The number of aromatic hydroxyl groups is 1. The van der Waals surface area contributed by atoms with Crippen LogP contribution in [0.15, 0.2) is 15.7 Å². The van der Waals surface area contributed by atoms with Gasteiger partial charge in [0.25, 0.3) is 5.56 Å². The SMILES string of the molecule is COCC(C)(C)n1c(O)cc(=O)[nH]c1=O. The van der Waals surface area contributed by atoms with E-state index in [1.807, 2.05) is 0 Å². The minimum Gasteiger partial charge on any atom is -0.494 e. The van der Waals surface area contributed by atoms with E-state index in [-0.39, 0.29) is 12.5 Å². The van der Waals surface area contributed by atoms with Crippen molar-refractivity contribution in [3.63, 3.8) is 0 Å². The summed E-state index contributed by atoms with van der Waals surface area (Å²) in [6, 6.07) is 0.957. The van der Waals surface area contributed by atoms with E-state index in [9.17, 15) is 14.7 Å². The average molecular weight is 214 g/mol. The third-order valence-corrected chi connectivity index (χ3v) is 2.03. The first-order chi connectivity index (χ1) is 6.88. The minimum absolute atomic E-state index is 0.243. The molecule has 0 unspecified atom stereocenters. The Hall–Kier alpha value is -1.56. The van der Waals surface area contributed by atoms with Crippen LogP contribution in [-0.2, 0) is 10.3 Å². The second-order valence-corrected chi connectivity index (χ2v) is 3.88. The van der Waals surface area contributed by atoms with Gasteiger partial charge < -0.3 is 9.84 Å². The lowest BCUT2D eigenvalue weighted by Crippen LogP contribution is -2.42. The van der Waals surface area contributed by atoms with Crippen LogP contribution in [0.1, 0.15) is 13.8 Å². The fourth-order valence-electron chi connectivity index (χ4n) is 1.49. The predicted molar refractivity (Wildman–Crippen MR) is 54.2 cm³/mol. The Bertz CT molecular complexity index is 458. The zero-order chi connectivity index (χ0) is 11.6. The molecule has 0 saturated carbocycles. The predicted octanol–water partition coefficient (Wildman–Crippen LogP) is -0.376. The molecule has 0 atom stereocenters. The zero-order valence-corrected chi connectivity index (χ0v) is 8.90. The highest BCUT2D eigenvalue weighted by Crippen LogP contribution is 2.17. The van der Waals surface area contributed by atoms with Crippen LogP contribution < -0.4 is 11.2 Å². The fraction of sp³-hybridized carbons (Fsp3) is 0.556. The summed E-state index contributed by atoms with van der Waals surface area (Å²) < 4.78 is 6.02. The second kappa shape index (κ2) is 3.90. The van der Waals surface area contributed by atoms with E-state index in [1.165, 1.54) is 7.11 Å². The van der Waals surface area contributed by atoms with Crippen molar-refractivity contribution < 1.29 is 9.84 Å². The van der Waals surface area contributed by atoms with Gasteiger partial charge in [0.05, 0.1) is 18.2 Å². The molecular weight excluding hydrogens is 200 g/mol. The number of nitrogens with zero attached hydrogens (tertiary/aromatic N) is 1. The van der Waals surface area contributed by atoms with Gasteiger partial charge in [-0.2, -0.15) is 0 Å². The van der Waals surface area contributed by atoms with Crippen molar-refractivity contribution in [2.45, 2.75) is 19.4 Å². The summed E-state index contributed by atoms with van der Waals surface area (Å²) in [6.45, 7) is 3.68. The molecular formula is C9H14N2O4. The summed E-state index contributed by atoms with van der Waals surface area (Å²) in [5.41, 5.74) is -2.00. The van der Waals surface area contributed by atoms with Crippen LogP contribution in [0.3, 0.4) is 0 Å². The molecule has 1 aromatic rings. The molecule has 0 bridgehead atoms. The molecule has 1 heterocycles. The van der Waals surface area contributed by atoms with Crippen LogP contribution in [0.2, 0.25) is 0 Å². The van der Waals surface area contributed by atoms with Crippen molar-refractivity contribution in [3.8, 4) is 5.88 Å². The minimum atomic E-state index is -0.722. The molecule has 0 aliphatic rings. The van der Waals surface area contributed by atoms with Crippen LogP contribution in [0.25, 0.3) is 0 Å². The lowest BCUT2D eigenvalue weighted by Gasteiger charge is -2.26. The number of nitrogens with one attached hydrogen (secondary N) is 1. The molecule has 0 radical (unpaired) electrons. The first-order valence-electron chi connectivity index (χ1n) is 4.43. The Balaban J connectivity index is 3.38. The van der Waals surface area contributed by atoms with Gasteiger partial charge in [0.1, 0.15) is 0 Å². The maximum atomic E-state index is 11.5. The van der Waals surface area contributed by atoms with Crippen LogP contribution in [0.4, 0.5) is 0 Å². The molecule has 1 aromatic heterocycles. The van der Waals surface area contributed by atoms with E-state index < -0.39 is 16.8 Å². The van der Waals surface area contributed by atoms with Crippen molar-refractivity contribution in [1.82, 2.24) is 9.55 Å². The Morgan fingerprint density at radius 1 is 1.53 bits per heavy atom. The van der Waals surface area contributed by atoms with Gasteiger partial charge in [-0.1, -0.05) is 0 Å². The molecule has 0 aliphatic carbocycles. The summed E-state index contributed by atoms with van der Waals surface area (Å²) in [7, 11) is 1.50. The molecule has 0 aromatic carbocycles. The van der Waals surface area contributed by atoms with E-state index in [0.717, 1.165) is 10.6 Å². The van der Waals surface area contributed by atoms with E-state index in [4.69, 9.17) is 4.74 Å². The Kier molecular flexibility index (Phi) is 2.99. The second-order valence-electron chi connectivity index (χ2n) is 3.88. The third-order valence-electron chi connectivity index (χ3n) is 2.03. The number of aromatic nitrogens is 2. The number of hydrogen-bond acceptors (Lipinski definition) is 4. The van der Waals surface area contributed by atoms with Gasteiger partial charge in [0.15, 0.2) is 0 Å². The van der Waals surface area contributed by atoms with Crippen LogP contribution in [-0.4, -0.2) is 28.4 Å². The van der Waals surface area contributed by atoms with Gasteiger partial charge >= 0.3 is 5.69 Å². The molecule has 0 spiro atoms. The van der Waals surface area contributed by atoms with Gasteiger partial charge in [-0.25, -0.2) is 4.79 Å². The molecule has 2 N–H and O–H groups in total. The van der Waals surface area contributed by atoms with E-state index in [1.54, 1.807) is 13.8 Å². The Morgan fingerprint density at radius 3 is 2.60 bits per heavy atom. The van der Waals surface area contributed by atoms with Crippen molar-refractivity contribution in [1.29, 1.82) is 0 Å². The number of methoxy groups -OCH3 is 1. The monoisotopic (exact) mass is 214 g/mol. The number of H-pyrrole nitrogens is 1. The molecule has 84 valence electrons. The highest BCUT2D eigenvalue weighted by Gasteiger charge is 2.24. The highest BCUT2D eigenvalue weighted by atomic mass is 16.5. The first-order valence-corrected chi connectivity index (χ1v) is 4.43. The summed E-state index contributed by atoms with van der Waals surface area (Å²) in [5, 5.41) is 9.52. The lowest BCUT2D eigenvalue weighted by molar-refractivity contribution is 0.0999. The Labute approximate surface area is 86.1 Å². The molecule has 6 heteroatoms. The van der Waals surface area contributed by atoms with Crippen molar-refractivity contribution in [2.75, 3.05) is 13.7 Å². The lowest BCUT2D eigenvalue weighted by atomic mass is 10.1. The molecule has 15 heavy (non-hydrogen) atoms. The smallest absolute Gasteiger partial charge is 0.331 e. The maximum Gasteiger partial charge on any atom is 0.331 e. The number of aromatic amines is 1. The molecule has 1 rings (SSSR count). The molecule has 0 amide bonds. The zero-order valence-electron chi connectivity index (χ0n) is 8.90. The number of ether oxygens (including phenoxy) is 1. The third kappa shape index (κ3) is 2.27. The first kappa shape index (κ1) is 11.5. The van der Waals surface area contributed by atoms with Crippen LogP contribution >= 0.6 is 0 Å². The van der Waals surface area contributed by atoms with Gasteiger partial charge in [0.2, 0.25) is 5.88 Å². The van der Waals surface area contributed by atoms with Crippen molar-refractivity contribution in [2.24, 2.45) is 0 Å². The van der Waals surface area contributed by atoms with Gasteiger partial charge in [-0.3, -0.25) is 14.3 Å². The highest BCUT2D eigenvalue weighted by molar-refractivity contribution is 5.09. The van der Waals surface area contributed by atoms with Gasteiger partial charge in [-0.05, 0) is 13.8 Å². The van der Waals surface area contributed by atoms with Crippen LogP contribution in [0.5, 0.6) is 5.88 Å². The summed E-state index contributed by atoms with van der Waals surface area (Å²) in [4.78, 5) is 24.4. The maximum absolute atomic E-state index is 11.5. The molecule has 0 fully saturated rings. The largest absolute Gasteiger partial charge is 0.494 e. The van der Waals surface area contributed by atoms with Crippen molar-refractivity contribution >= 4 is 0 Å². The Morgan fingerprint density at radius 2 is 2.13 bits per heavy atom. The van der Waals surface area contributed by atoms with Gasteiger partial charge in [-0.15, -0.1) is 0 Å². The van der Waals surface area contributed by atoms with E-state index in [0.29, 0.717) is 0 Å². The van der Waals surface area contributed by atoms with Gasteiger partial charge in [0, 0.05) is 7.11 Å². The number of hydrogen-bond donors (Lipinski definition) is 2. The molecule has 0 aliphatic heterocycles. The van der Waals surface area contributed by atoms with E-state index in [2.05, 4.69) is 4.98 Å². The quantitative estimate of drug-likeness (QED) is 0.718. The topological polar surface area (TPSA) is 84.3 Å². The molecule has 6 nitrogen and oxygen atoms in total. The fourth-order valence-corrected chi connectivity index (χ4v) is 1.49. The number of rotatable bonds is 3. The van der Waals surface area contributed by atoms with Crippen LogP contribution in [0, 0.1) is 0 Å². The standard InChI is InChI=1S/C9H14N2O4/c1-9(2,5-15-3)11-7(13)4-6(12)10-8(11)14/h4,13H,5H2,1-3H3,(H,10,12,14). The van der Waals surface area contributed by atoms with E-state index >= 15 is 0 Å². The normalized spacial score (nSPS) is 11.7. The summed E-state index contributed by atoms with van der Waals surface area (Å²) in [6.07, 6.45) is 0. The summed E-state index contributed by atoms with van der Waals surface area (Å²) >= 11 is 0.